The number of unbranched alkanes of at least 4 members (excludes halogenated alkanes) is 17. The first kappa shape index (κ1) is 53.3. The molecule has 334 valence electrons. The number of ether oxygens (including phenoxy) is 3. The number of phosphoric ester groups is 1. The minimum atomic E-state index is -4.45. The predicted octanol–water partition coefficient (Wildman–Crippen LogP) is 8.49. The highest BCUT2D eigenvalue weighted by Crippen LogP contribution is 2.43. The van der Waals surface area contributed by atoms with E-state index in [1.165, 1.54) is 70.6 Å². The molecule has 0 aromatic rings. The fourth-order valence-electron chi connectivity index (χ4n) is 6.73. The van der Waals surface area contributed by atoms with Crippen molar-refractivity contribution in [1.82, 2.24) is 0 Å². The smallest absolute Gasteiger partial charge is 0.462 e. The molecule has 1 aliphatic heterocycles. The Labute approximate surface area is 344 Å². The molecule has 0 aliphatic carbocycles. The third-order valence-electron chi connectivity index (χ3n) is 10.1. The van der Waals surface area contributed by atoms with Gasteiger partial charge in [-0.05, 0) is 32.1 Å². The number of carbonyl (C=O) groups excluding carboxylic acids is 2. The van der Waals surface area contributed by atoms with Gasteiger partial charge in [-0.25, -0.2) is 4.57 Å². The van der Waals surface area contributed by atoms with Crippen LogP contribution in [0, 0.1) is 5.92 Å². The molecular formula is C43H80NO12P. The topological polar surface area (TPSA) is 204 Å². The summed E-state index contributed by atoms with van der Waals surface area (Å²) in [4.78, 5) is 35.1. The van der Waals surface area contributed by atoms with Crippen molar-refractivity contribution in [3.8, 4) is 0 Å². The Bertz CT molecular complexity index is 1110. The molecule has 57 heavy (non-hydrogen) atoms. The van der Waals surface area contributed by atoms with E-state index >= 15 is 0 Å². The molecule has 0 spiro atoms. The average Bonchev–Trinajstić information content (AvgIpc) is 3.17. The van der Waals surface area contributed by atoms with Crippen LogP contribution in [0.1, 0.15) is 174 Å². The fraction of sp³-hybridized carbons (Fsp3) is 0.860. The fourth-order valence-corrected chi connectivity index (χ4v) is 7.50. The molecule has 0 aromatic carbocycles. The number of allylic oxidation sites excluding steroid dienone is 2. The molecule has 7 unspecified atom stereocenters. The molecule has 1 saturated heterocycles. The molecule has 7 atom stereocenters. The second-order valence-corrected chi connectivity index (χ2v) is 16.9. The van der Waals surface area contributed by atoms with Crippen molar-refractivity contribution in [2.75, 3.05) is 26.4 Å². The number of esters is 2. The van der Waals surface area contributed by atoms with E-state index in [0.29, 0.717) is 32.1 Å². The van der Waals surface area contributed by atoms with E-state index in [4.69, 9.17) is 29.0 Å². The van der Waals surface area contributed by atoms with E-state index in [2.05, 4.69) is 13.8 Å². The van der Waals surface area contributed by atoms with Crippen LogP contribution in [0.2, 0.25) is 0 Å². The standard InChI is InChI=1S/C43H80NO12P/c1-3-5-7-8-9-10-11-12-13-14-15-16-17-18-23-27-41(47)52-34-37(35-54-57(50,51)53-32-31-44)55-42(48)28-24-20-19-22-26-38-39(46)33-43(49)56-40(38)30-29-36(45)25-21-6-4-2/h19,22,29-30,36-40,43,45-46,49H,3-18,20-21,23-28,31-35,44H2,1-2H3,(H,50,51)/b22-19-,30-29+. The maximum atomic E-state index is 12.7. The molecule has 1 heterocycles. The van der Waals surface area contributed by atoms with Gasteiger partial charge < -0.3 is 40.2 Å². The highest BCUT2D eigenvalue weighted by molar-refractivity contribution is 7.47. The van der Waals surface area contributed by atoms with E-state index in [9.17, 15) is 34.4 Å². The number of rotatable bonds is 37. The van der Waals surface area contributed by atoms with Crippen LogP contribution in [0.4, 0.5) is 0 Å². The Hall–Kier alpha value is -1.67. The summed E-state index contributed by atoms with van der Waals surface area (Å²) < 4.78 is 38.4. The number of aliphatic hydroxyl groups excluding tert-OH is 3. The minimum absolute atomic E-state index is 0.0107. The average molecular weight is 834 g/mol. The van der Waals surface area contributed by atoms with Gasteiger partial charge in [0, 0.05) is 31.7 Å². The molecule has 1 fully saturated rings. The molecular weight excluding hydrogens is 753 g/mol. The SMILES string of the molecule is CCCCCCCCCCCCCCCCCC(=O)OCC(COP(=O)(O)OCCN)OC(=O)CCC/C=C\CC1C(O)CC(O)OC1/C=C/C(O)CCCCC. The molecule has 0 bridgehead atoms. The van der Waals surface area contributed by atoms with Gasteiger partial charge in [0.25, 0.3) is 0 Å². The lowest BCUT2D eigenvalue weighted by atomic mass is 9.87. The number of hydrogen-bond acceptors (Lipinski definition) is 12. The van der Waals surface area contributed by atoms with Crippen molar-refractivity contribution in [2.24, 2.45) is 11.7 Å². The molecule has 6 N–H and O–H groups in total. The zero-order valence-corrected chi connectivity index (χ0v) is 36.3. The second-order valence-electron chi connectivity index (χ2n) is 15.5. The van der Waals surface area contributed by atoms with Crippen LogP contribution in [-0.2, 0) is 37.4 Å². The quantitative estimate of drug-likeness (QED) is 0.0173. The minimum Gasteiger partial charge on any atom is -0.462 e. The Balaban J connectivity index is 2.43. The molecule has 13 nitrogen and oxygen atoms in total. The van der Waals surface area contributed by atoms with Gasteiger partial charge >= 0.3 is 19.8 Å². The number of hydrogen-bond donors (Lipinski definition) is 5. The number of nitrogens with two attached hydrogens (primary N) is 1. The van der Waals surface area contributed by atoms with Crippen molar-refractivity contribution in [3.05, 3.63) is 24.3 Å². The van der Waals surface area contributed by atoms with E-state index in [0.717, 1.165) is 38.5 Å². The lowest BCUT2D eigenvalue weighted by molar-refractivity contribution is -0.199. The van der Waals surface area contributed by atoms with Crippen molar-refractivity contribution in [1.29, 1.82) is 0 Å². The van der Waals surface area contributed by atoms with Crippen LogP contribution in [0.3, 0.4) is 0 Å². The molecule has 1 aliphatic rings. The van der Waals surface area contributed by atoms with Gasteiger partial charge in [0.2, 0.25) is 0 Å². The number of aliphatic hydroxyl groups is 3. The van der Waals surface area contributed by atoms with Crippen molar-refractivity contribution in [2.45, 2.75) is 205 Å². The van der Waals surface area contributed by atoms with Crippen LogP contribution in [0.15, 0.2) is 24.3 Å². The Kier molecular flexibility index (Phi) is 32.9. The van der Waals surface area contributed by atoms with Gasteiger partial charge in [-0.3, -0.25) is 18.6 Å². The van der Waals surface area contributed by atoms with Crippen LogP contribution in [-0.4, -0.2) is 89.2 Å². The van der Waals surface area contributed by atoms with Crippen LogP contribution in [0.25, 0.3) is 0 Å². The monoisotopic (exact) mass is 834 g/mol. The summed E-state index contributed by atoms with van der Waals surface area (Å²) >= 11 is 0. The van der Waals surface area contributed by atoms with E-state index in [1.54, 1.807) is 12.2 Å². The first-order chi connectivity index (χ1) is 27.5. The van der Waals surface area contributed by atoms with Gasteiger partial charge in [-0.1, -0.05) is 147 Å². The molecule has 0 radical (unpaired) electrons. The summed E-state index contributed by atoms with van der Waals surface area (Å²) in [6.07, 6.45) is 26.8. The summed E-state index contributed by atoms with van der Waals surface area (Å²) in [6.45, 7) is 3.32. The van der Waals surface area contributed by atoms with Gasteiger partial charge in [-0.15, -0.1) is 0 Å². The molecule has 14 heteroatoms. The van der Waals surface area contributed by atoms with E-state index in [-0.39, 0.29) is 44.9 Å². The number of carbonyl (C=O) groups is 2. The largest absolute Gasteiger partial charge is 0.472 e. The van der Waals surface area contributed by atoms with Crippen LogP contribution < -0.4 is 5.73 Å². The highest BCUT2D eigenvalue weighted by Gasteiger charge is 2.35. The van der Waals surface area contributed by atoms with Gasteiger partial charge in [-0.2, -0.15) is 0 Å². The Morgan fingerprint density at radius 3 is 1.98 bits per heavy atom. The van der Waals surface area contributed by atoms with E-state index < -0.39 is 57.1 Å². The molecule has 0 amide bonds. The van der Waals surface area contributed by atoms with Gasteiger partial charge in [0.15, 0.2) is 12.4 Å². The summed E-state index contributed by atoms with van der Waals surface area (Å²) in [7, 11) is -4.45. The summed E-state index contributed by atoms with van der Waals surface area (Å²) in [5.41, 5.74) is 5.34. The molecule has 1 rings (SSSR count). The van der Waals surface area contributed by atoms with Gasteiger partial charge in [0.1, 0.15) is 6.61 Å². The zero-order valence-electron chi connectivity index (χ0n) is 35.4. The van der Waals surface area contributed by atoms with Crippen molar-refractivity contribution >= 4 is 19.8 Å². The second kappa shape index (κ2) is 35.1. The third kappa shape index (κ3) is 30.1. The molecule has 0 aromatic heterocycles. The lowest BCUT2D eigenvalue weighted by Crippen LogP contribution is -2.43. The Morgan fingerprint density at radius 1 is 0.789 bits per heavy atom. The predicted molar refractivity (Wildman–Crippen MR) is 223 cm³/mol. The Morgan fingerprint density at radius 2 is 1.37 bits per heavy atom. The van der Waals surface area contributed by atoms with Crippen molar-refractivity contribution in [3.63, 3.8) is 0 Å². The highest BCUT2D eigenvalue weighted by atomic mass is 31.2. The maximum absolute atomic E-state index is 12.7. The summed E-state index contributed by atoms with van der Waals surface area (Å²) in [5, 5.41) is 30.9. The maximum Gasteiger partial charge on any atom is 0.472 e. The first-order valence-corrected chi connectivity index (χ1v) is 23.7. The third-order valence-corrected chi connectivity index (χ3v) is 11.1. The van der Waals surface area contributed by atoms with Crippen LogP contribution in [0.5, 0.6) is 0 Å². The van der Waals surface area contributed by atoms with Crippen LogP contribution >= 0.6 is 7.82 Å². The first-order valence-electron chi connectivity index (χ1n) is 22.2. The van der Waals surface area contributed by atoms with E-state index in [1.807, 2.05) is 12.2 Å². The van der Waals surface area contributed by atoms with Crippen molar-refractivity contribution < 1.29 is 57.6 Å². The number of phosphoric acid groups is 1. The van der Waals surface area contributed by atoms with Gasteiger partial charge in [0.05, 0.1) is 31.5 Å². The summed E-state index contributed by atoms with van der Waals surface area (Å²) in [5.74, 6) is -1.34. The zero-order chi connectivity index (χ0) is 42.0. The lowest BCUT2D eigenvalue weighted by Gasteiger charge is -2.36. The molecule has 0 saturated carbocycles. The summed E-state index contributed by atoms with van der Waals surface area (Å²) in [6, 6.07) is 0. The normalized spacial score (nSPS) is 20.8.